The Balaban J connectivity index is 1.62. The molecule has 1 fully saturated rings. The zero-order valence-electron chi connectivity index (χ0n) is 14.2. The third-order valence-electron chi connectivity index (χ3n) is 4.64. The predicted octanol–water partition coefficient (Wildman–Crippen LogP) is 3.39. The van der Waals surface area contributed by atoms with Gasteiger partial charge in [-0.05, 0) is 43.5 Å². The molecule has 0 amide bonds. The van der Waals surface area contributed by atoms with Gasteiger partial charge in [-0.2, -0.15) is 0 Å². The molecule has 5 heteroatoms. The Kier molecular flexibility index (Phi) is 5.87. The molecule has 1 aromatic carbocycles. The minimum atomic E-state index is -0.911. The molecule has 2 unspecified atom stereocenters. The van der Waals surface area contributed by atoms with Gasteiger partial charge in [0, 0.05) is 22.8 Å². The summed E-state index contributed by atoms with van der Waals surface area (Å²) in [5.74, 6) is 4.74. The largest absolute Gasteiger partial charge is 0.477 e. The van der Waals surface area contributed by atoms with E-state index in [2.05, 4.69) is 11.8 Å². The van der Waals surface area contributed by atoms with Crippen LogP contribution in [-0.2, 0) is 11.2 Å². The number of rotatable bonds is 5. The van der Waals surface area contributed by atoms with Crippen LogP contribution in [0.3, 0.4) is 0 Å². The third-order valence-corrected chi connectivity index (χ3v) is 5.77. The lowest BCUT2D eigenvalue weighted by atomic mass is 9.89. The van der Waals surface area contributed by atoms with Crippen LogP contribution in [0.2, 0.25) is 0 Å². The van der Waals surface area contributed by atoms with Crippen LogP contribution >= 0.6 is 11.3 Å². The maximum absolute atomic E-state index is 12.2. The van der Waals surface area contributed by atoms with Crippen LogP contribution in [0.1, 0.15) is 39.4 Å². The fraction of sp³-hybridized carbons (Fsp3) is 0.333. The Labute approximate surface area is 156 Å². The maximum atomic E-state index is 12.2. The Bertz CT molecular complexity index is 844. The zero-order valence-corrected chi connectivity index (χ0v) is 15.0. The number of carboxylic acid groups (broad SMARTS) is 1. The molecule has 26 heavy (non-hydrogen) atoms. The number of hydrogen-bond acceptors (Lipinski definition) is 4. The van der Waals surface area contributed by atoms with Gasteiger partial charge < -0.3 is 10.2 Å². The Morgan fingerprint density at radius 2 is 1.96 bits per heavy atom. The van der Waals surface area contributed by atoms with Crippen molar-refractivity contribution in [1.82, 2.24) is 0 Å². The predicted molar refractivity (Wildman–Crippen MR) is 100 cm³/mol. The van der Waals surface area contributed by atoms with Crippen molar-refractivity contribution in [3.63, 3.8) is 0 Å². The normalized spacial score (nSPS) is 22.0. The summed E-state index contributed by atoms with van der Waals surface area (Å²) >= 11 is 1.27. The SMILES string of the molecule is O=C(O)c1ccc(CCCC2C(=O)CC(O)[C@@H]2C#Cc2ccccc2)s1. The van der Waals surface area contributed by atoms with Gasteiger partial charge in [-0.25, -0.2) is 4.79 Å². The number of ketones is 1. The van der Waals surface area contributed by atoms with Crippen molar-refractivity contribution in [1.29, 1.82) is 0 Å². The molecule has 0 radical (unpaired) electrons. The highest BCUT2D eigenvalue weighted by atomic mass is 32.1. The number of benzene rings is 1. The standard InChI is InChI=1S/C21H20O4S/c22-18-13-19(23)17(11-9-14-5-2-1-3-6-14)16(18)8-4-7-15-10-12-20(26-15)21(24)25/h1-3,5-6,10,12,16-17,19,23H,4,7-8,13H2,(H,24,25)/t16?,17-,19?/m1/s1. The van der Waals surface area contributed by atoms with E-state index in [0.717, 1.165) is 23.3 Å². The second-order valence-corrected chi connectivity index (χ2v) is 7.64. The summed E-state index contributed by atoms with van der Waals surface area (Å²) in [7, 11) is 0. The van der Waals surface area contributed by atoms with Gasteiger partial charge in [0.2, 0.25) is 0 Å². The van der Waals surface area contributed by atoms with Gasteiger partial charge in [0.1, 0.15) is 10.7 Å². The van der Waals surface area contributed by atoms with Crippen LogP contribution in [-0.4, -0.2) is 28.1 Å². The minimum absolute atomic E-state index is 0.0715. The summed E-state index contributed by atoms with van der Waals surface area (Å²) in [6.45, 7) is 0. The lowest BCUT2D eigenvalue weighted by molar-refractivity contribution is -0.121. The molecule has 1 heterocycles. The minimum Gasteiger partial charge on any atom is -0.477 e. The topological polar surface area (TPSA) is 74.6 Å². The molecule has 0 aliphatic heterocycles. The van der Waals surface area contributed by atoms with Crippen molar-refractivity contribution < 1.29 is 19.8 Å². The molecule has 134 valence electrons. The van der Waals surface area contributed by atoms with E-state index in [1.54, 1.807) is 6.07 Å². The van der Waals surface area contributed by atoms with Crippen molar-refractivity contribution in [2.45, 2.75) is 31.8 Å². The molecule has 0 saturated heterocycles. The summed E-state index contributed by atoms with van der Waals surface area (Å²) in [5.41, 5.74) is 0.873. The first-order valence-electron chi connectivity index (χ1n) is 8.64. The molecule has 1 aliphatic rings. The summed E-state index contributed by atoms with van der Waals surface area (Å²) in [6, 6.07) is 13.0. The van der Waals surface area contributed by atoms with Crippen LogP contribution < -0.4 is 0 Å². The number of thiophene rings is 1. The van der Waals surface area contributed by atoms with Crippen LogP contribution in [0.5, 0.6) is 0 Å². The summed E-state index contributed by atoms with van der Waals surface area (Å²) < 4.78 is 0. The smallest absolute Gasteiger partial charge is 0.345 e. The average Bonchev–Trinajstić information content (AvgIpc) is 3.19. The molecule has 1 saturated carbocycles. The Morgan fingerprint density at radius 3 is 2.65 bits per heavy atom. The van der Waals surface area contributed by atoms with E-state index >= 15 is 0 Å². The molecule has 3 rings (SSSR count). The van der Waals surface area contributed by atoms with Gasteiger partial charge in [-0.15, -0.1) is 11.3 Å². The Morgan fingerprint density at radius 1 is 1.19 bits per heavy atom. The second-order valence-electron chi connectivity index (χ2n) is 6.47. The number of aromatic carboxylic acids is 1. The van der Waals surface area contributed by atoms with Crippen LogP contribution in [0, 0.1) is 23.7 Å². The van der Waals surface area contributed by atoms with E-state index in [1.807, 2.05) is 36.4 Å². The Hall–Kier alpha value is -2.42. The zero-order chi connectivity index (χ0) is 18.5. The van der Waals surface area contributed by atoms with Crippen molar-refractivity contribution >= 4 is 23.1 Å². The summed E-state index contributed by atoms with van der Waals surface area (Å²) in [6.07, 6.45) is 1.62. The molecular formula is C21H20O4S. The van der Waals surface area contributed by atoms with Crippen molar-refractivity contribution in [3.8, 4) is 11.8 Å². The number of carbonyl (C=O) groups is 2. The average molecular weight is 368 g/mol. The molecule has 0 spiro atoms. The number of carbonyl (C=O) groups excluding carboxylic acids is 1. The van der Waals surface area contributed by atoms with E-state index < -0.39 is 12.1 Å². The van der Waals surface area contributed by atoms with Gasteiger partial charge in [0.25, 0.3) is 0 Å². The van der Waals surface area contributed by atoms with Gasteiger partial charge in [-0.3, -0.25) is 4.79 Å². The van der Waals surface area contributed by atoms with E-state index in [4.69, 9.17) is 5.11 Å². The molecular weight excluding hydrogens is 348 g/mol. The van der Waals surface area contributed by atoms with E-state index in [9.17, 15) is 14.7 Å². The maximum Gasteiger partial charge on any atom is 0.345 e. The lowest BCUT2D eigenvalue weighted by Crippen LogP contribution is -2.19. The van der Waals surface area contributed by atoms with Crippen LogP contribution in [0.25, 0.3) is 0 Å². The van der Waals surface area contributed by atoms with Gasteiger partial charge in [0.15, 0.2) is 0 Å². The molecule has 4 nitrogen and oxygen atoms in total. The lowest BCUT2D eigenvalue weighted by Gasteiger charge is -2.15. The van der Waals surface area contributed by atoms with Crippen LogP contribution in [0.15, 0.2) is 42.5 Å². The molecule has 1 aliphatic carbocycles. The molecule has 2 aromatic rings. The van der Waals surface area contributed by atoms with Crippen molar-refractivity contribution in [2.75, 3.05) is 0 Å². The molecule has 0 bridgehead atoms. The monoisotopic (exact) mass is 368 g/mol. The van der Waals surface area contributed by atoms with E-state index in [-0.39, 0.29) is 24.0 Å². The highest BCUT2D eigenvalue weighted by molar-refractivity contribution is 7.13. The number of Topliss-reactive ketones (excluding diaryl/α,β-unsaturated/α-hetero) is 1. The molecule has 2 N–H and O–H groups in total. The fourth-order valence-corrected chi connectivity index (χ4v) is 4.19. The molecule has 3 atom stereocenters. The second kappa shape index (κ2) is 8.31. The third kappa shape index (κ3) is 4.40. The van der Waals surface area contributed by atoms with E-state index in [1.165, 1.54) is 11.3 Å². The van der Waals surface area contributed by atoms with Gasteiger partial charge in [0.05, 0.1) is 12.0 Å². The first-order chi connectivity index (χ1) is 12.5. The van der Waals surface area contributed by atoms with Gasteiger partial charge >= 0.3 is 5.97 Å². The highest BCUT2D eigenvalue weighted by Crippen LogP contribution is 2.33. The number of aliphatic hydroxyl groups is 1. The number of aryl methyl sites for hydroxylation is 1. The summed E-state index contributed by atoms with van der Waals surface area (Å²) in [5, 5.41) is 19.2. The van der Waals surface area contributed by atoms with Crippen molar-refractivity contribution in [2.24, 2.45) is 11.8 Å². The fourth-order valence-electron chi connectivity index (χ4n) is 3.30. The van der Waals surface area contributed by atoms with Gasteiger partial charge in [-0.1, -0.05) is 30.0 Å². The quantitative estimate of drug-likeness (QED) is 0.794. The number of aliphatic hydroxyl groups excluding tert-OH is 1. The number of hydrogen-bond donors (Lipinski definition) is 2. The first kappa shape index (κ1) is 18.4. The number of carboxylic acids is 1. The van der Waals surface area contributed by atoms with Crippen molar-refractivity contribution in [3.05, 3.63) is 57.8 Å². The first-order valence-corrected chi connectivity index (χ1v) is 9.45. The van der Waals surface area contributed by atoms with E-state index in [0.29, 0.717) is 11.3 Å². The van der Waals surface area contributed by atoms with Crippen LogP contribution in [0.4, 0.5) is 0 Å². The summed E-state index contributed by atoms with van der Waals surface area (Å²) in [4.78, 5) is 24.5. The highest BCUT2D eigenvalue weighted by Gasteiger charge is 2.40. The molecule has 1 aromatic heterocycles.